The number of nitrogens with two attached hydrogens (primary N) is 1. The van der Waals surface area contributed by atoms with Crippen molar-refractivity contribution in [3.05, 3.63) is 52.9 Å². The molecule has 0 aliphatic rings. The number of ether oxygens (including phenoxy) is 2. The van der Waals surface area contributed by atoms with Gasteiger partial charge in [0.25, 0.3) is 5.91 Å². The lowest BCUT2D eigenvalue weighted by atomic mass is 10.1. The second-order valence-corrected chi connectivity index (χ2v) is 8.11. The Labute approximate surface area is 205 Å². The lowest BCUT2D eigenvalue weighted by Crippen LogP contribution is -2.47. The number of aliphatic hydroxyl groups is 1. The Balaban J connectivity index is 1.65. The molecule has 1 aromatic carbocycles. The molecule has 0 spiro atoms. The summed E-state index contributed by atoms with van der Waals surface area (Å²) in [6.45, 7) is -0.549. The molecule has 3 aromatic rings. The largest absolute Gasteiger partial charge is 0.468 e. The normalized spacial score (nSPS) is 13.1. The number of nitrogens with one attached hydrogen (secondary N) is 1. The highest BCUT2D eigenvalue weighted by Gasteiger charge is 2.28. The molecule has 4 N–H and O–H groups in total. The van der Waals surface area contributed by atoms with Gasteiger partial charge < -0.3 is 25.6 Å². The third-order valence-corrected chi connectivity index (χ3v) is 5.50. The van der Waals surface area contributed by atoms with Gasteiger partial charge in [-0.1, -0.05) is 6.07 Å². The van der Waals surface area contributed by atoms with Crippen molar-refractivity contribution in [1.82, 2.24) is 19.7 Å². The second kappa shape index (κ2) is 11.3. The molecule has 10 nitrogen and oxygen atoms in total. The number of amides is 2. The predicted octanol–water partition coefficient (Wildman–Crippen LogP) is 2.40. The summed E-state index contributed by atoms with van der Waals surface area (Å²) < 4.78 is 65.5. The van der Waals surface area contributed by atoms with Crippen molar-refractivity contribution < 1.29 is 41.7 Å². The fourth-order valence-corrected chi connectivity index (χ4v) is 3.48. The topological polar surface area (TPSA) is 150 Å². The van der Waals surface area contributed by atoms with Gasteiger partial charge >= 0.3 is 6.18 Å². The van der Waals surface area contributed by atoms with Gasteiger partial charge in [0.2, 0.25) is 17.7 Å². The molecule has 0 saturated heterocycles. The number of hydrogen-bond donors (Lipinski definition) is 3. The molecule has 15 heteroatoms. The van der Waals surface area contributed by atoms with Crippen molar-refractivity contribution in [3.8, 4) is 23.0 Å². The van der Waals surface area contributed by atoms with Gasteiger partial charge in [-0.05, 0) is 36.7 Å². The first kappa shape index (κ1) is 26.7. The average Bonchev–Trinajstić information content (AvgIpc) is 3.32. The summed E-state index contributed by atoms with van der Waals surface area (Å²) in [4.78, 5) is 31.5. The van der Waals surface area contributed by atoms with Crippen LogP contribution in [0.2, 0.25) is 0 Å². The number of carbonyl (C=O) groups is 2. The molecule has 2 aromatic heterocycles. The molecule has 2 heterocycles. The molecule has 0 aliphatic heterocycles. The lowest BCUT2D eigenvalue weighted by Gasteiger charge is -2.13. The summed E-state index contributed by atoms with van der Waals surface area (Å²) >= 11 is 1.06. The highest BCUT2D eigenvalue weighted by atomic mass is 32.1. The average molecular weight is 529 g/mol. The first-order chi connectivity index (χ1) is 17.0. The molecule has 0 bridgehead atoms. The van der Waals surface area contributed by atoms with Crippen molar-refractivity contribution in [2.75, 3.05) is 13.2 Å². The van der Waals surface area contributed by atoms with E-state index in [1.165, 1.54) is 12.1 Å². The third-order valence-electron chi connectivity index (χ3n) is 4.56. The Kier molecular flexibility index (Phi) is 8.37. The lowest BCUT2D eigenvalue weighted by molar-refractivity contribution is -0.154. The summed E-state index contributed by atoms with van der Waals surface area (Å²) in [6.07, 6.45) is -2.97. The minimum absolute atomic E-state index is 0.0374. The van der Waals surface area contributed by atoms with Gasteiger partial charge in [-0.15, -0.1) is 0 Å². The Hall–Kier alpha value is -3.85. The molecule has 3 rings (SSSR count). The van der Waals surface area contributed by atoms with Crippen LogP contribution in [0.3, 0.4) is 0 Å². The second-order valence-electron chi connectivity index (χ2n) is 7.28. The van der Waals surface area contributed by atoms with Gasteiger partial charge in [0.15, 0.2) is 6.61 Å². The molecular formula is C21H19F4N5O5S. The van der Waals surface area contributed by atoms with Crippen molar-refractivity contribution in [3.63, 3.8) is 0 Å². The Morgan fingerprint density at radius 1 is 1.19 bits per heavy atom. The van der Waals surface area contributed by atoms with E-state index in [9.17, 15) is 27.2 Å². The zero-order valence-corrected chi connectivity index (χ0v) is 19.3. The fraction of sp³-hybridized carbons (Fsp3) is 0.286. The maximum absolute atomic E-state index is 14.6. The summed E-state index contributed by atoms with van der Waals surface area (Å²) in [5.41, 5.74) is 5.44. The van der Waals surface area contributed by atoms with E-state index in [2.05, 4.69) is 24.4 Å². The van der Waals surface area contributed by atoms with Crippen molar-refractivity contribution in [2.24, 2.45) is 5.73 Å². The summed E-state index contributed by atoms with van der Waals surface area (Å²) in [6, 6.07) is 4.01. The van der Waals surface area contributed by atoms with Crippen LogP contribution in [-0.2, 0) is 4.79 Å². The van der Waals surface area contributed by atoms with Gasteiger partial charge in [-0.2, -0.15) is 17.5 Å². The van der Waals surface area contributed by atoms with Gasteiger partial charge in [-0.3, -0.25) is 9.59 Å². The van der Waals surface area contributed by atoms with E-state index >= 15 is 0 Å². The quantitative estimate of drug-likeness (QED) is 0.339. The van der Waals surface area contributed by atoms with E-state index in [1.807, 2.05) is 0 Å². The molecule has 192 valence electrons. The van der Waals surface area contributed by atoms with Gasteiger partial charge in [-0.25, -0.2) is 14.4 Å². The number of alkyl halides is 3. The SMILES string of the molecule is CC(Oc1cnc(OCC(F)(F)F)cn1)c1cc(-c2ccc(C(=O)N[C@@H](CO)C(N)=O)c(F)c2)ns1. The Morgan fingerprint density at radius 2 is 1.89 bits per heavy atom. The highest BCUT2D eigenvalue weighted by molar-refractivity contribution is 7.06. The molecule has 2 atom stereocenters. The molecule has 36 heavy (non-hydrogen) atoms. The van der Waals surface area contributed by atoms with Gasteiger partial charge in [0, 0.05) is 5.56 Å². The number of primary amides is 1. The summed E-state index contributed by atoms with van der Waals surface area (Å²) in [5.74, 6) is -3.05. The van der Waals surface area contributed by atoms with Crippen LogP contribution < -0.4 is 20.5 Å². The molecule has 0 aliphatic carbocycles. The molecule has 0 saturated carbocycles. The van der Waals surface area contributed by atoms with E-state index in [0.717, 1.165) is 30.0 Å². The maximum Gasteiger partial charge on any atom is 0.422 e. The van der Waals surface area contributed by atoms with E-state index in [0.29, 0.717) is 16.1 Å². The van der Waals surface area contributed by atoms with Crippen LogP contribution in [0.5, 0.6) is 11.8 Å². The minimum atomic E-state index is -4.50. The first-order valence-corrected chi connectivity index (χ1v) is 10.9. The number of carbonyl (C=O) groups excluding carboxylic acids is 2. The van der Waals surface area contributed by atoms with Gasteiger partial charge in [0.05, 0.1) is 35.1 Å². The Bertz CT molecular complexity index is 1220. The number of aromatic nitrogens is 3. The molecular weight excluding hydrogens is 510 g/mol. The Morgan fingerprint density at radius 3 is 2.47 bits per heavy atom. The first-order valence-electron chi connectivity index (χ1n) is 10.1. The maximum atomic E-state index is 14.6. The number of rotatable bonds is 10. The zero-order valence-electron chi connectivity index (χ0n) is 18.5. The van der Waals surface area contributed by atoms with Crippen molar-refractivity contribution >= 4 is 23.3 Å². The van der Waals surface area contributed by atoms with Crippen LogP contribution in [0, 0.1) is 5.82 Å². The number of nitrogens with zero attached hydrogens (tertiary/aromatic N) is 3. The van der Waals surface area contributed by atoms with E-state index < -0.39 is 49.2 Å². The summed E-state index contributed by atoms with van der Waals surface area (Å²) in [5, 5.41) is 11.2. The van der Waals surface area contributed by atoms with Crippen LogP contribution in [0.15, 0.2) is 36.7 Å². The number of aliphatic hydroxyl groups excluding tert-OH is 1. The highest BCUT2D eigenvalue weighted by Crippen LogP contribution is 2.29. The number of hydrogen-bond acceptors (Lipinski definition) is 9. The molecule has 1 unspecified atom stereocenters. The monoisotopic (exact) mass is 529 g/mol. The van der Waals surface area contributed by atoms with Crippen LogP contribution in [-0.4, -0.2) is 56.7 Å². The molecule has 0 radical (unpaired) electrons. The van der Waals surface area contributed by atoms with Crippen molar-refractivity contribution in [2.45, 2.75) is 25.2 Å². The number of halogens is 4. The van der Waals surface area contributed by atoms with Crippen molar-refractivity contribution in [1.29, 1.82) is 0 Å². The molecule has 2 amide bonds. The molecule has 0 fully saturated rings. The summed E-state index contributed by atoms with van der Waals surface area (Å²) in [7, 11) is 0. The van der Waals surface area contributed by atoms with E-state index in [-0.39, 0.29) is 17.3 Å². The smallest absolute Gasteiger partial charge is 0.422 e. The van der Waals surface area contributed by atoms with E-state index in [4.69, 9.17) is 15.6 Å². The minimum Gasteiger partial charge on any atom is -0.468 e. The predicted molar refractivity (Wildman–Crippen MR) is 118 cm³/mol. The van der Waals surface area contributed by atoms with Crippen LogP contribution >= 0.6 is 11.5 Å². The van der Waals surface area contributed by atoms with Gasteiger partial charge in [0.1, 0.15) is 18.0 Å². The van der Waals surface area contributed by atoms with Crippen LogP contribution in [0.4, 0.5) is 17.6 Å². The fourth-order valence-electron chi connectivity index (χ4n) is 2.75. The van der Waals surface area contributed by atoms with Crippen LogP contribution in [0.25, 0.3) is 11.3 Å². The van der Waals surface area contributed by atoms with E-state index in [1.54, 1.807) is 13.0 Å². The standard InChI is InChI=1S/C21H19F4N5O5S/c1-10(35-18-7-27-17(6-28-18)34-9-21(23,24)25)16-5-14(30-36-16)11-2-3-12(13(22)4-11)20(33)29-15(8-31)19(26)32/h2-7,10,15,31H,8-9H2,1H3,(H2,26,32)(H,29,33)/t10?,15-/m0/s1. The zero-order chi connectivity index (χ0) is 26.5. The number of benzene rings is 1. The third kappa shape index (κ3) is 7.08. The van der Waals surface area contributed by atoms with Crippen LogP contribution in [0.1, 0.15) is 28.3 Å².